The molecule has 0 aliphatic carbocycles. The van der Waals surface area contributed by atoms with Gasteiger partial charge < -0.3 is 9.88 Å². The summed E-state index contributed by atoms with van der Waals surface area (Å²) in [6, 6.07) is 11.5. The first kappa shape index (κ1) is 14.9. The molecule has 0 spiro atoms. The average Bonchev–Trinajstić information content (AvgIpc) is 2.87. The van der Waals surface area contributed by atoms with Gasteiger partial charge in [0.2, 0.25) is 0 Å². The smallest absolute Gasteiger partial charge is 0.0470 e. The maximum absolute atomic E-state index is 3.57. The van der Waals surface area contributed by atoms with Crippen molar-refractivity contribution in [3.8, 4) is 0 Å². The summed E-state index contributed by atoms with van der Waals surface area (Å²) in [5.74, 6) is 0. The highest BCUT2D eigenvalue weighted by atomic mass is 15.0. The van der Waals surface area contributed by atoms with E-state index in [1.807, 2.05) is 0 Å². The number of hydrogen-bond acceptors (Lipinski definition) is 1. The monoisotopic (exact) mass is 270 g/mol. The van der Waals surface area contributed by atoms with Gasteiger partial charge in [-0.1, -0.05) is 50.1 Å². The van der Waals surface area contributed by atoms with Crippen LogP contribution in [0.15, 0.2) is 42.7 Å². The zero-order valence-electron chi connectivity index (χ0n) is 12.9. The molecular weight excluding hydrogens is 244 g/mol. The van der Waals surface area contributed by atoms with E-state index < -0.39 is 0 Å². The van der Waals surface area contributed by atoms with Crippen LogP contribution in [0.3, 0.4) is 0 Å². The lowest BCUT2D eigenvalue weighted by Gasteiger charge is -2.15. The molecule has 0 radical (unpaired) electrons. The van der Waals surface area contributed by atoms with Crippen LogP contribution in [-0.4, -0.2) is 11.1 Å². The minimum Gasteiger partial charge on any atom is -0.350 e. The molecule has 0 aliphatic rings. The van der Waals surface area contributed by atoms with Crippen LogP contribution in [0.2, 0.25) is 0 Å². The molecule has 1 atom stereocenters. The van der Waals surface area contributed by atoms with E-state index in [1.165, 1.54) is 29.5 Å². The van der Waals surface area contributed by atoms with Crippen LogP contribution in [0.4, 0.5) is 0 Å². The van der Waals surface area contributed by atoms with Crippen molar-refractivity contribution < 1.29 is 0 Å². The molecule has 0 saturated heterocycles. The van der Waals surface area contributed by atoms with E-state index >= 15 is 0 Å². The summed E-state index contributed by atoms with van der Waals surface area (Å²) in [4.78, 5) is 0. The van der Waals surface area contributed by atoms with Gasteiger partial charge >= 0.3 is 0 Å². The summed E-state index contributed by atoms with van der Waals surface area (Å²) in [5.41, 5.74) is 4.09. The minimum absolute atomic E-state index is 0.490. The Bertz CT molecular complexity index is 522. The zero-order chi connectivity index (χ0) is 14.4. The van der Waals surface area contributed by atoms with E-state index in [1.54, 1.807) is 0 Å². The Morgan fingerprint density at radius 3 is 2.75 bits per heavy atom. The van der Waals surface area contributed by atoms with Crippen LogP contribution in [0.25, 0.3) is 0 Å². The van der Waals surface area contributed by atoms with E-state index in [2.05, 4.69) is 73.4 Å². The fraction of sp³-hybridized carbons (Fsp3) is 0.444. The Morgan fingerprint density at radius 2 is 2.05 bits per heavy atom. The van der Waals surface area contributed by atoms with Crippen LogP contribution in [-0.2, 0) is 6.54 Å². The second kappa shape index (κ2) is 7.30. The summed E-state index contributed by atoms with van der Waals surface area (Å²) in [5, 5.41) is 3.57. The van der Waals surface area contributed by atoms with Gasteiger partial charge in [-0.3, -0.25) is 0 Å². The lowest BCUT2D eigenvalue weighted by Crippen LogP contribution is -2.20. The molecule has 1 N–H and O–H groups in total. The van der Waals surface area contributed by atoms with Gasteiger partial charge in [0.1, 0.15) is 0 Å². The van der Waals surface area contributed by atoms with Crippen molar-refractivity contribution in [2.24, 2.45) is 0 Å². The van der Waals surface area contributed by atoms with Crippen LogP contribution in [0.5, 0.6) is 0 Å². The molecule has 0 fully saturated rings. The van der Waals surface area contributed by atoms with Gasteiger partial charge in [-0.2, -0.15) is 0 Å². The normalized spacial score (nSPS) is 12.6. The lowest BCUT2D eigenvalue weighted by atomic mass is 10.1. The van der Waals surface area contributed by atoms with Gasteiger partial charge in [0.05, 0.1) is 0 Å². The van der Waals surface area contributed by atoms with E-state index in [4.69, 9.17) is 0 Å². The van der Waals surface area contributed by atoms with Crippen molar-refractivity contribution in [2.75, 3.05) is 6.54 Å². The first-order valence-electron chi connectivity index (χ1n) is 7.67. The molecule has 1 aromatic carbocycles. The third kappa shape index (κ3) is 3.97. The standard InChI is InChI=1S/C18H26N2/c1-4-7-18(19-5-2)17-10-11-20(14-17)13-16-9-6-8-15(3)12-16/h6,8-12,14,18-19H,4-5,7,13H2,1-3H3. The first-order valence-corrected chi connectivity index (χ1v) is 7.67. The summed E-state index contributed by atoms with van der Waals surface area (Å²) in [7, 11) is 0. The maximum atomic E-state index is 3.57. The third-order valence-electron chi connectivity index (χ3n) is 3.65. The van der Waals surface area contributed by atoms with Gasteiger partial charge in [0, 0.05) is 25.0 Å². The van der Waals surface area contributed by atoms with Crippen molar-refractivity contribution in [3.63, 3.8) is 0 Å². The first-order chi connectivity index (χ1) is 9.72. The quantitative estimate of drug-likeness (QED) is 0.794. The van der Waals surface area contributed by atoms with Gasteiger partial charge in [-0.05, 0) is 37.1 Å². The van der Waals surface area contributed by atoms with Crippen molar-refractivity contribution in [2.45, 2.75) is 46.2 Å². The molecule has 2 aromatic rings. The van der Waals surface area contributed by atoms with E-state index in [0.717, 1.165) is 13.1 Å². The summed E-state index contributed by atoms with van der Waals surface area (Å²) >= 11 is 0. The number of hydrogen-bond donors (Lipinski definition) is 1. The van der Waals surface area contributed by atoms with Gasteiger partial charge in [0.15, 0.2) is 0 Å². The SMILES string of the molecule is CCCC(NCC)c1ccn(Cc2cccc(C)c2)c1. The molecule has 0 bridgehead atoms. The zero-order valence-corrected chi connectivity index (χ0v) is 12.9. The summed E-state index contributed by atoms with van der Waals surface area (Å²) < 4.78 is 2.28. The number of nitrogens with zero attached hydrogens (tertiary/aromatic N) is 1. The van der Waals surface area contributed by atoms with Crippen molar-refractivity contribution in [1.82, 2.24) is 9.88 Å². The minimum atomic E-state index is 0.490. The average molecular weight is 270 g/mol. The van der Waals surface area contributed by atoms with Crippen LogP contribution >= 0.6 is 0 Å². The van der Waals surface area contributed by atoms with Crippen LogP contribution in [0.1, 0.15) is 49.4 Å². The highest BCUT2D eigenvalue weighted by Crippen LogP contribution is 2.19. The number of aromatic nitrogens is 1. The van der Waals surface area contributed by atoms with Crippen molar-refractivity contribution in [3.05, 3.63) is 59.4 Å². The molecule has 1 aromatic heterocycles. The topological polar surface area (TPSA) is 17.0 Å². The van der Waals surface area contributed by atoms with E-state index in [0.29, 0.717) is 6.04 Å². The number of aryl methyl sites for hydroxylation is 1. The summed E-state index contributed by atoms with van der Waals surface area (Å²) in [6.07, 6.45) is 6.88. The molecule has 2 heteroatoms. The number of nitrogens with one attached hydrogen (secondary N) is 1. The van der Waals surface area contributed by atoms with Gasteiger partial charge in [-0.25, -0.2) is 0 Å². The van der Waals surface area contributed by atoms with Gasteiger partial charge in [-0.15, -0.1) is 0 Å². The summed E-state index contributed by atoms with van der Waals surface area (Å²) in [6.45, 7) is 8.54. The Kier molecular flexibility index (Phi) is 5.42. The Hall–Kier alpha value is -1.54. The second-order valence-electron chi connectivity index (χ2n) is 5.51. The van der Waals surface area contributed by atoms with Crippen LogP contribution in [0, 0.1) is 6.92 Å². The maximum Gasteiger partial charge on any atom is 0.0470 e. The number of rotatable bonds is 7. The predicted molar refractivity (Wildman–Crippen MR) is 86.0 cm³/mol. The Labute approximate surface area is 122 Å². The second-order valence-corrected chi connectivity index (χ2v) is 5.51. The highest BCUT2D eigenvalue weighted by molar-refractivity contribution is 5.23. The Balaban J connectivity index is 2.07. The van der Waals surface area contributed by atoms with E-state index in [-0.39, 0.29) is 0 Å². The number of benzene rings is 1. The lowest BCUT2D eigenvalue weighted by molar-refractivity contribution is 0.508. The van der Waals surface area contributed by atoms with Gasteiger partial charge in [0.25, 0.3) is 0 Å². The molecule has 1 unspecified atom stereocenters. The van der Waals surface area contributed by atoms with Crippen molar-refractivity contribution in [1.29, 1.82) is 0 Å². The molecule has 2 rings (SSSR count). The fourth-order valence-corrected chi connectivity index (χ4v) is 2.71. The van der Waals surface area contributed by atoms with E-state index in [9.17, 15) is 0 Å². The molecule has 20 heavy (non-hydrogen) atoms. The molecule has 0 aliphatic heterocycles. The Morgan fingerprint density at radius 1 is 1.20 bits per heavy atom. The molecular formula is C18H26N2. The largest absolute Gasteiger partial charge is 0.350 e. The molecule has 1 heterocycles. The molecule has 108 valence electrons. The molecule has 0 saturated carbocycles. The predicted octanol–water partition coefficient (Wildman–Crippen LogP) is 4.30. The van der Waals surface area contributed by atoms with Crippen molar-refractivity contribution >= 4 is 0 Å². The molecule has 2 nitrogen and oxygen atoms in total. The van der Waals surface area contributed by atoms with Crippen LogP contribution < -0.4 is 5.32 Å². The highest BCUT2D eigenvalue weighted by Gasteiger charge is 2.10. The third-order valence-corrected chi connectivity index (χ3v) is 3.65. The molecule has 0 amide bonds. The fourth-order valence-electron chi connectivity index (χ4n) is 2.71.